The number of hydrogen-bond donors (Lipinski definition) is 0. The first-order chi connectivity index (χ1) is 11.7. The van der Waals surface area contributed by atoms with Gasteiger partial charge in [0.15, 0.2) is 0 Å². The van der Waals surface area contributed by atoms with Crippen molar-refractivity contribution in [3.8, 4) is 11.3 Å². The van der Waals surface area contributed by atoms with Gasteiger partial charge in [-0.1, -0.05) is 54.8 Å². The summed E-state index contributed by atoms with van der Waals surface area (Å²) in [4.78, 5) is 15.2. The Morgan fingerprint density at radius 3 is 2.67 bits per heavy atom. The minimum Gasteiger partial charge on any atom is -0.360 e. The van der Waals surface area contributed by atoms with Crippen molar-refractivity contribution in [1.82, 2.24) is 10.1 Å². The van der Waals surface area contributed by atoms with E-state index >= 15 is 0 Å². The van der Waals surface area contributed by atoms with Crippen LogP contribution in [0.5, 0.6) is 0 Å². The Kier molecular flexibility index (Phi) is 4.13. The molecule has 0 spiro atoms. The van der Waals surface area contributed by atoms with Gasteiger partial charge in [0, 0.05) is 18.7 Å². The van der Waals surface area contributed by atoms with E-state index < -0.39 is 0 Å². The summed E-state index contributed by atoms with van der Waals surface area (Å²) < 4.78 is 5.37. The van der Waals surface area contributed by atoms with E-state index in [1.807, 2.05) is 42.2 Å². The van der Waals surface area contributed by atoms with Crippen LogP contribution >= 0.6 is 0 Å². The van der Waals surface area contributed by atoms with Gasteiger partial charge in [-0.2, -0.15) is 0 Å². The fraction of sp³-hybridized carbons (Fsp3) is 0.500. The lowest BCUT2D eigenvalue weighted by atomic mass is 9.75. The Morgan fingerprint density at radius 1 is 1.12 bits per heavy atom. The van der Waals surface area contributed by atoms with Gasteiger partial charge in [0.1, 0.15) is 17.0 Å². The molecule has 0 radical (unpaired) electrons. The maximum Gasteiger partial charge on any atom is 0.259 e. The van der Waals surface area contributed by atoms with Crippen molar-refractivity contribution >= 4 is 5.91 Å². The highest BCUT2D eigenvalue weighted by Gasteiger charge is 2.35. The molecule has 1 aromatic carbocycles. The minimum atomic E-state index is 0.0802. The van der Waals surface area contributed by atoms with E-state index in [4.69, 9.17) is 4.52 Å². The summed E-state index contributed by atoms with van der Waals surface area (Å²) in [6, 6.07) is 9.83. The fourth-order valence-electron chi connectivity index (χ4n) is 4.36. The minimum absolute atomic E-state index is 0.0802. The van der Waals surface area contributed by atoms with E-state index in [0.717, 1.165) is 31.0 Å². The predicted octanol–water partition coefficient (Wildman–Crippen LogP) is 4.30. The number of hydrogen-bond acceptors (Lipinski definition) is 3. The number of piperidine rings is 1. The highest BCUT2D eigenvalue weighted by Crippen LogP contribution is 2.37. The standard InChI is InChI=1S/C20H24N2O2/c1-14-18(19(21-24-14)16-8-3-2-4-9-16)20(23)22-12-11-15-7-5-6-10-17(15)13-22/h2-4,8-9,15,17H,5-7,10-13H2,1H3/t15-,17-/m0/s1. The zero-order chi connectivity index (χ0) is 16.5. The molecule has 2 heterocycles. The average molecular weight is 324 g/mol. The molecule has 1 aliphatic heterocycles. The maximum absolute atomic E-state index is 13.2. The van der Waals surface area contributed by atoms with Crippen LogP contribution in [0.3, 0.4) is 0 Å². The first-order valence-corrected chi connectivity index (χ1v) is 9.05. The van der Waals surface area contributed by atoms with Crippen LogP contribution in [0, 0.1) is 18.8 Å². The highest BCUT2D eigenvalue weighted by atomic mass is 16.5. The Morgan fingerprint density at radius 2 is 1.88 bits per heavy atom. The summed E-state index contributed by atoms with van der Waals surface area (Å²) in [5.41, 5.74) is 2.24. The molecule has 0 N–H and O–H groups in total. The number of nitrogens with zero attached hydrogens (tertiary/aromatic N) is 2. The van der Waals surface area contributed by atoms with Gasteiger partial charge in [0.05, 0.1) is 0 Å². The van der Waals surface area contributed by atoms with Crippen LogP contribution in [0.2, 0.25) is 0 Å². The SMILES string of the molecule is Cc1onc(-c2ccccc2)c1C(=O)N1CC[C@@H]2CCCC[C@H]2C1. The second-order valence-electron chi connectivity index (χ2n) is 7.17. The van der Waals surface area contributed by atoms with Crippen LogP contribution in [0.1, 0.15) is 48.2 Å². The third-order valence-electron chi connectivity index (χ3n) is 5.70. The molecule has 2 fully saturated rings. The lowest BCUT2D eigenvalue weighted by Gasteiger charge is -2.41. The number of aryl methyl sites for hydroxylation is 1. The van der Waals surface area contributed by atoms with E-state index in [2.05, 4.69) is 5.16 Å². The second kappa shape index (κ2) is 6.42. The topological polar surface area (TPSA) is 46.3 Å². The number of aromatic nitrogens is 1. The molecule has 1 aliphatic carbocycles. The number of carbonyl (C=O) groups is 1. The Hall–Kier alpha value is -2.10. The fourth-order valence-corrected chi connectivity index (χ4v) is 4.36. The molecule has 4 nitrogen and oxygen atoms in total. The van der Waals surface area contributed by atoms with Crippen LogP contribution in [-0.4, -0.2) is 29.1 Å². The lowest BCUT2D eigenvalue weighted by molar-refractivity contribution is 0.0520. The Balaban J connectivity index is 1.60. The molecule has 4 heteroatoms. The summed E-state index contributed by atoms with van der Waals surface area (Å²) >= 11 is 0. The zero-order valence-corrected chi connectivity index (χ0v) is 14.2. The molecular weight excluding hydrogens is 300 g/mol. The molecule has 2 atom stereocenters. The summed E-state index contributed by atoms with van der Waals surface area (Å²) in [6.45, 7) is 3.58. The van der Waals surface area contributed by atoms with Crippen molar-refractivity contribution in [3.05, 3.63) is 41.7 Å². The molecule has 24 heavy (non-hydrogen) atoms. The summed E-state index contributed by atoms with van der Waals surface area (Å²) in [5.74, 6) is 2.19. The van der Waals surface area contributed by atoms with Crippen LogP contribution in [0.15, 0.2) is 34.9 Å². The van der Waals surface area contributed by atoms with Crippen molar-refractivity contribution in [2.24, 2.45) is 11.8 Å². The van der Waals surface area contributed by atoms with Crippen molar-refractivity contribution in [3.63, 3.8) is 0 Å². The first-order valence-electron chi connectivity index (χ1n) is 9.05. The van der Waals surface area contributed by atoms with Gasteiger partial charge < -0.3 is 9.42 Å². The lowest BCUT2D eigenvalue weighted by Crippen LogP contribution is -2.45. The monoisotopic (exact) mass is 324 g/mol. The van der Waals surface area contributed by atoms with Crippen LogP contribution < -0.4 is 0 Å². The smallest absolute Gasteiger partial charge is 0.259 e. The molecule has 4 rings (SSSR count). The highest BCUT2D eigenvalue weighted by molar-refractivity contribution is 6.00. The number of likely N-dealkylation sites (tertiary alicyclic amines) is 1. The van der Waals surface area contributed by atoms with E-state index in [0.29, 0.717) is 22.9 Å². The van der Waals surface area contributed by atoms with E-state index in [1.54, 1.807) is 0 Å². The van der Waals surface area contributed by atoms with Gasteiger partial charge in [0.25, 0.3) is 5.91 Å². The molecule has 2 aliphatic rings. The second-order valence-corrected chi connectivity index (χ2v) is 7.17. The third-order valence-corrected chi connectivity index (χ3v) is 5.70. The molecular formula is C20H24N2O2. The first kappa shape index (κ1) is 15.4. The van der Waals surface area contributed by atoms with E-state index in [1.165, 1.54) is 25.7 Å². The molecule has 1 saturated carbocycles. The summed E-state index contributed by atoms with van der Waals surface area (Å²) in [7, 11) is 0. The van der Waals surface area contributed by atoms with Crippen molar-refractivity contribution in [1.29, 1.82) is 0 Å². The molecule has 1 aromatic heterocycles. The van der Waals surface area contributed by atoms with Crippen LogP contribution in [0.25, 0.3) is 11.3 Å². The summed E-state index contributed by atoms with van der Waals surface area (Å²) in [6.07, 6.45) is 6.42. The van der Waals surface area contributed by atoms with Gasteiger partial charge in [-0.3, -0.25) is 4.79 Å². The molecule has 0 bridgehead atoms. The van der Waals surface area contributed by atoms with Crippen LogP contribution in [0.4, 0.5) is 0 Å². The quantitative estimate of drug-likeness (QED) is 0.827. The van der Waals surface area contributed by atoms with Crippen LogP contribution in [-0.2, 0) is 0 Å². The summed E-state index contributed by atoms with van der Waals surface area (Å²) in [5, 5.41) is 4.16. The zero-order valence-electron chi connectivity index (χ0n) is 14.2. The number of amides is 1. The normalized spacial score (nSPS) is 23.8. The van der Waals surface area contributed by atoms with Gasteiger partial charge in [-0.25, -0.2) is 0 Å². The van der Waals surface area contributed by atoms with Gasteiger partial charge in [0.2, 0.25) is 0 Å². The van der Waals surface area contributed by atoms with Crippen molar-refractivity contribution in [2.45, 2.75) is 39.0 Å². The number of carbonyl (C=O) groups excluding carboxylic acids is 1. The predicted molar refractivity (Wildman–Crippen MR) is 92.6 cm³/mol. The Bertz CT molecular complexity index is 722. The molecule has 0 unspecified atom stereocenters. The largest absolute Gasteiger partial charge is 0.360 e. The van der Waals surface area contributed by atoms with Crippen molar-refractivity contribution in [2.75, 3.05) is 13.1 Å². The number of fused-ring (bicyclic) bond motifs is 1. The van der Waals surface area contributed by atoms with E-state index in [9.17, 15) is 4.79 Å². The molecule has 2 aromatic rings. The molecule has 1 saturated heterocycles. The Labute approximate surface area is 142 Å². The number of benzene rings is 1. The van der Waals surface area contributed by atoms with Crippen molar-refractivity contribution < 1.29 is 9.32 Å². The number of rotatable bonds is 2. The average Bonchev–Trinajstić information content (AvgIpc) is 3.03. The molecule has 126 valence electrons. The third kappa shape index (κ3) is 2.74. The maximum atomic E-state index is 13.2. The van der Waals surface area contributed by atoms with Gasteiger partial charge in [-0.05, 0) is 31.6 Å². The van der Waals surface area contributed by atoms with E-state index in [-0.39, 0.29) is 5.91 Å². The molecule has 1 amide bonds. The van der Waals surface area contributed by atoms with Gasteiger partial charge in [-0.15, -0.1) is 0 Å². The van der Waals surface area contributed by atoms with Gasteiger partial charge >= 0.3 is 0 Å².